The minimum Gasteiger partial charge on any atom is -0.378 e. The van der Waals surface area contributed by atoms with Crippen LogP contribution in [-0.2, 0) is 11.3 Å². The summed E-state index contributed by atoms with van der Waals surface area (Å²) in [4.78, 5) is 21.5. The van der Waals surface area contributed by atoms with Gasteiger partial charge in [-0.15, -0.1) is 11.3 Å². The number of piperazine rings is 1. The van der Waals surface area contributed by atoms with Crippen molar-refractivity contribution in [3.05, 3.63) is 53.2 Å². The number of rotatable bonds is 5. The lowest BCUT2D eigenvalue weighted by Gasteiger charge is -2.35. The summed E-state index contributed by atoms with van der Waals surface area (Å²) in [5.41, 5.74) is 3.37. The molecule has 31 heavy (non-hydrogen) atoms. The molecule has 2 aromatic heterocycles. The zero-order valence-electron chi connectivity index (χ0n) is 17.9. The van der Waals surface area contributed by atoms with Gasteiger partial charge in [-0.25, -0.2) is 9.97 Å². The van der Waals surface area contributed by atoms with E-state index in [-0.39, 0.29) is 0 Å². The van der Waals surface area contributed by atoms with E-state index in [1.165, 1.54) is 5.56 Å². The Morgan fingerprint density at radius 3 is 2.45 bits per heavy atom. The number of anilines is 2. The minimum atomic E-state index is 0.744. The van der Waals surface area contributed by atoms with Crippen LogP contribution in [0.25, 0.3) is 10.6 Å². The molecule has 5 rings (SSSR count). The van der Waals surface area contributed by atoms with Crippen molar-refractivity contribution in [2.45, 2.75) is 13.5 Å². The van der Waals surface area contributed by atoms with Gasteiger partial charge in [0, 0.05) is 68.5 Å². The molecule has 0 saturated carbocycles. The molecule has 2 aliphatic heterocycles. The second-order valence-corrected chi connectivity index (χ2v) is 8.90. The van der Waals surface area contributed by atoms with Gasteiger partial charge < -0.3 is 14.5 Å². The van der Waals surface area contributed by atoms with Gasteiger partial charge in [0.2, 0.25) is 5.95 Å². The Balaban J connectivity index is 1.20. The molecule has 0 spiro atoms. The molecular formula is C23H28N6OS. The van der Waals surface area contributed by atoms with Crippen molar-refractivity contribution in [2.75, 3.05) is 62.3 Å². The van der Waals surface area contributed by atoms with Gasteiger partial charge >= 0.3 is 0 Å². The van der Waals surface area contributed by atoms with Gasteiger partial charge in [-0.2, -0.15) is 4.98 Å². The second-order valence-electron chi connectivity index (χ2n) is 8.04. The molecule has 0 N–H and O–H groups in total. The summed E-state index contributed by atoms with van der Waals surface area (Å²) in [6.45, 7) is 10.1. The Kier molecular flexibility index (Phi) is 6.11. The first-order valence-electron chi connectivity index (χ1n) is 10.9. The molecular weight excluding hydrogens is 408 g/mol. The highest BCUT2D eigenvalue weighted by Crippen LogP contribution is 2.25. The van der Waals surface area contributed by atoms with Gasteiger partial charge in [-0.1, -0.05) is 30.3 Å². The van der Waals surface area contributed by atoms with Gasteiger partial charge in [-0.05, 0) is 6.92 Å². The van der Waals surface area contributed by atoms with Gasteiger partial charge in [0.1, 0.15) is 10.8 Å². The molecule has 0 atom stereocenters. The van der Waals surface area contributed by atoms with Crippen molar-refractivity contribution in [3.8, 4) is 10.6 Å². The first kappa shape index (κ1) is 20.4. The number of thiazole rings is 1. The molecule has 162 valence electrons. The molecule has 0 aliphatic carbocycles. The summed E-state index contributed by atoms with van der Waals surface area (Å²) < 4.78 is 5.47. The summed E-state index contributed by atoms with van der Waals surface area (Å²) in [7, 11) is 0. The van der Waals surface area contributed by atoms with E-state index >= 15 is 0 Å². The number of benzene rings is 1. The molecule has 1 aromatic carbocycles. The lowest BCUT2D eigenvalue weighted by atomic mass is 10.2. The molecule has 0 bridgehead atoms. The number of hydrogen-bond acceptors (Lipinski definition) is 8. The van der Waals surface area contributed by atoms with Gasteiger partial charge in [0.25, 0.3) is 0 Å². The average molecular weight is 437 g/mol. The Morgan fingerprint density at radius 2 is 1.68 bits per heavy atom. The number of aromatic nitrogens is 3. The maximum Gasteiger partial charge on any atom is 0.227 e. The number of hydrogen-bond donors (Lipinski definition) is 0. The average Bonchev–Trinajstić information content (AvgIpc) is 3.29. The van der Waals surface area contributed by atoms with Gasteiger partial charge in [0.15, 0.2) is 0 Å². The molecule has 3 aromatic rings. The number of aryl methyl sites for hydroxylation is 1. The number of morpholine rings is 1. The van der Waals surface area contributed by atoms with Crippen LogP contribution >= 0.6 is 11.3 Å². The molecule has 2 fully saturated rings. The van der Waals surface area contributed by atoms with Crippen LogP contribution in [0.5, 0.6) is 0 Å². The lowest BCUT2D eigenvalue weighted by Crippen LogP contribution is -2.46. The molecule has 2 aliphatic rings. The Hall–Kier alpha value is -2.55. The van der Waals surface area contributed by atoms with Crippen LogP contribution < -0.4 is 9.80 Å². The first-order valence-corrected chi connectivity index (χ1v) is 11.8. The van der Waals surface area contributed by atoms with Crippen LogP contribution in [0.15, 0.2) is 41.8 Å². The third kappa shape index (κ3) is 4.87. The van der Waals surface area contributed by atoms with E-state index < -0.39 is 0 Å². The summed E-state index contributed by atoms with van der Waals surface area (Å²) in [5, 5.41) is 3.29. The summed E-state index contributed by atoms with van der Waals surface area (Å²) >= 11 is 1.73. The number of nitrogens with zero attached hydrogens (tertiary/aromatic N) is 6. The quantitative estimate of drug-likeness (QED) is 0.609. The second kappa shape index (κ2) is 9.30. The van der Waals surface area contributed by atoms with E-state index in [1.807, 2.05) is 6.07 Å². The van der Waals surface area contributed by atoms with Crippen molar-refractivity contribution in [1.29, 1.82) is 0 Å². The van der Waals surface area contributed by atoms with Crippen molar-refractivity contribution in [1.82, 2.24) is 19.9 Å². The highest BCUT2D eigenvalue weighted by atomic mass is 32.1. The van der Waals surface area contributed by atoms with Crippen molar-refractivity contribution in [3.63, 3.8) is 0 Å². The predicted molar refractivity (Wildman–Crippen MR) is 125 cm³/mol. The molecule has 0 radical (unpaired) electrons. The van der Waals surface area contributed by atoms with Crippen LogP contribution in [-0.4, -0.2) is 72.3 Å². The fraction of sp³-hybridized carbons (Fsp3) is 0.435. The van der Waals surface area contributed by atoms with Crippen molar-refractivity contribution < 1.29 is 4.74 Å². The third-order valence-electron chi connectivity index (χ3n) is 5.78. The van der Waals surface area contributed by atoms with Crippen LogP contribution in [0, 0.1) is 6.92 Å². The van der Waals surface area contributed by atoms with Crippen molar-refractivity contribution in [2.24, 2.45) is 0 Å². The SMILES string of the molecule is Cc1cc(N2CCN(Cc3csc(-c4ccccc4)n3)CC2)nc(N2CCOCC2)n1. The zero-order chi connectivity index (χ0) is 21.0. The predicted octanol–water partition coefficient (Wildman–Crippen LogP) is 3.07. The Morgan fingerprint density at radius 1 is 0.903 bits per heavy atom. The highest BCUT2D eigenvalue weighted by molar-refractivity contribution is 7.13. The summed E-state index contributed by atoms with van der Waals surface area (Å²) in [6, 6.07) is 12.5. The lowest BCUT2D eigenvalue weighted by molar-refractivity contribution is 0.122. The highest BCUT2D eigenvalue weighted by Gasteiger charge is 2.21. The van der Waals surface area contributed by atoms with E-state index in [0.29, 0.717) is 0 Å². The third-order valence-corrected chi connectivity index (χ3v) is 6.72. The molecule has 4 heterocycles. The summed E-state index contributed by atoms with van der Waals surface area (Å²) in [5.74, 6) is 1.87. The first-order chi connectivity index (χ1) is 15.2. The van der Waals surface area contributed by atoms with E-state index in [2.05, 4.69) is 62.3 Å². The van der Waals surface area contributed by atoms with Crippen LogP contribution in [0.2, 0.25) is 0 Å². The van der Waals surface area contributed by atoms with Gasteiger partial charge in [0.05, 0.1) is 18.9 Å². The fourth-order valence-corrected chi connectivity index (χ4v) is 4.88. The van der Waals surface area contributed by atoms with Crippen LogP contribution in [0.4, 0.5) is 11.8 Å². The van der Waals surface area contributed by atoms with E-state index in [4.69, 9.17) is 14.7 Å². The maximum absolute atomic E-state index is 5.47. The molecule has 7 nitrogen and oxygen atoms in total. The standard InChI is InChI=1S/C23H28N6OS/c1-18-15-21(26-23(24-18)29-11-13-30-14-12-29)28-9-7-27(8-10-28)16-20-17-31-22(25-20)19-5-3-2-4-6-19/h2-6,15,17H,7-14,16H2,1H3. The summed E-state index contributed by atoms with van der Waals surface area (Å²) in [6.07, 6.45) is 0. The monoisotopic (exact) mass is 436 g/mol. The minimum absolute atomic E-state index is 0.744. The molecule has 0 unspecified atom stereocenters. The largest absolute Gasteiger partial charge is 0.378 e. The number of ether oxygens (including phenoxy) is 1. The van der Waals surface area contributed by atoms with E-state index in [9.17, 15) is 0 Å². The zero-order valence-corrected chi connectivity index (χ0v) is 18.7. The topological polar surface area (TPSA) is 57.6 Å². The smallest absolute Gasteiger partial charge is 0.227 e. The van der Waals surface area contributed by atoms with Crippen LogP contribution in [0.3, 0.4) is 0 Å². The Labute approximate surface area is 187 Å². The van der Waals surface area contributed by atoms with Crippen molar-refractivity contribution >= 4 is 23.1 Å². The van der Waals surface area contributed by atoms with E-state index in [1.54, 1.807) is 11.3 Å². The molecule has 2 saturated heterocycles. The molecule has 0 amide bonds. The van der Waals surface area contributed by atoms with Gasteiger partial charge in [-0.3, -0.25) is 4.90 Å². The Bertz CT molecular complexity index is 996. The maximum atomic E-state index is 5.47. The molecule has 8 heteroatoms. The normalized spacial score (nSPS) is 17.8. The fourth-order valence-electron chi connectivity index (χ4n) is 4.06. The van der Waals surface area contributed by atoms with Crippen LogP contribution in [0.1, 0.15) is 11.4 Å². The van der Waals surface area contributed by atoms with E-state index in [0.717, 1.165) is 87.2 Å².